The van der Waals surface area contributed by atoms with Gasteiger partial charge in [0.15, 0.2) is 0 Å². The summed E-state index contributed by atoms with van der Waals surface area (Å²) in [6, 6.07) is 0. The lowest BCUT2D eigenvalue weighted by Crippen LogP contribution is -2.47. The summed E-state index contributed by atoms with van der Waals surface area (Å²) in [5.74, 6) is 0. The zero-order valence-corrected chi connectivity index (χ0v) is 11.2. The van der Waals surface area contributed by atoms with Crippen LogP contribution < -0.4 is 9.44 Å². The Morgan fingerprint density at radius 1 is 1.06 bits per heavy atom. The molecule has 16 heavy (non-hydrogen) atoms. The average molecular weight is 252 g/mol. The summed E-state index contributed by atoms with van der Waals surface area (Å²) in [5.41, 5.74) is -0.456. The van der Waals surface area contributed by atoms with Gasteiger partial charge in [0.25, 0.3) is 10.2 Å². The predicted molar refractivity (Wildman–Crippen MR) is 65.4 cm³/mol. The summed E-state index contributed by atoms with van der Waals surface area (Å²) < 4.78 is 28.0. The third-order valence-corrected chi connectivity index (χ3v) is 3.28. The maximum Gasteiger partial charge on any atom is 0.277 e. The van der Waals surface area contributed by atoms with Crippen LogP contribution in [0.5, 0.6) is 0 Å². The van der Waals surface area contributed by atoms with Crippen LogP contribution in [0.1, 0.15) is 46.5 Å². The third kappa shape index (κ3) is 10.4. The highest BCUT2D eigenvalue weighted by Gasteiger charge is 2.18. The Kier molecular flexibility index (Phi) is 7.14. The first-order valence-electron chi connectivity index (χ1n) is 5.66. The van der Waals surface area contributed by atoms with Gasteiger partial charge in [-0.15, -0.1) is 0 Å². The van der Waals surface area contributed by atoms with E-state index < -0.39 is 15.7 Å². The van der Waals surface area contributed by atoms with E-state index in [0.29, 0.717) is 6.54 Å². The van der Waals surface area contributed by atoms with Crippen LogP contribution in [0.25, 0.3) is 0 Å². The first kappa shape index (κ1) is 15.8. The number of hydrogen-bond donors (Lipinski definition) is 3. The zero-order valence-electron chi connectivity index (χ0n) is 10.4. The van der Waals surface area contributed by atoms with Crippen molar-refractivity contribution in [2.75, 3.05) is 13.2 Å². The van der Waals surface area contributed by atoms with Crippen molar-refractivity contribution >= 4 is 10.2 Å². The Bertz CT molecular complexity index is 270. The Labute approximate surface area is 98.8 Å². The average Bonchev–Trinajstić information content (AvgIpc) is 2.06. The van der Waals surface area contributed by atoms with Crippen molar-refractivity contribution in [3.8, 4) is 0 Å². The Morgan fingerprint density at radius 3 is 2.12 bits per heavy atom. The maximum absolute atomic E-state index is 11.5. The van der Waals surface area contributed by atoms with E-state index >= 15 is 0 Å². The molecule has 0 heterocycles. The van der Waals surface area contributed by atoms with Crippen molar-refractivity contribution in [3.05, 3.63) is 0 Å². The van der Waals surface area contributed by atoms with Gasteiger partial charge in [-0.1, -0.05) is 12.8 Å². The van der Waals surface area contributed by atoms with Gasteiger partial charge in [-0.05, 0) is 33.6 Å². The van der Waals surface area contributed by atoms with Gasteiger partial charge in [-0.3, -0.25) is 0 Å². The number of rotatable bonds is 8. The molecule has 6 heteroatoms. The summed E-state index contributed by atoms with van der Waals surface area (Å²) in [5, 5.41) is 8.56. The lowest BCUT2D eigenvalue weighted by molar-refractivity contribution is 0.282. The van der Waals surface area contributed by atoms with Crippen LogP contribution in [0, 0.1) is 0 Å². The molecular formula is C10H24N2O3S. The van der Waals surface area contributed by atoms with E-state index in [4.69, 9.17) is 5.11 Å². The smallest absolute Gasteiger partial charge is 0.277 e. The summed E-state index contributed by atoms with van der Waals surface area (Å²) in [6.45, 7) is 6.04. The Morgan fingerprint density at radius 2 is 1.62 bits per heavy atom. The standard InChI is InChI=1S/C10H24N2O3S/c1-10(2,3)12-16(14,15)11-8-6-4-5-7-9-13/h11-13H,4-9H2,1-3H3. The first-order valence-corrected chi connectivity index (χ1v) is 7.14. The van der Waals surface area contributed by atoms with Crippen LogP contribution in [0.15, 0.2) is 0 Å². The number of nitrogens with one attached hydrogen (secondary N) is 2. The first-order chi connectivity index (χ1) is 7.27. The fourth-order valence-electron chi connectivity index (χ4n) is 1.24. The molecule has 3 N–H and O–H groups in total. The second-order valence-electron chi connectivity index (χ2n) is 4.89. The van der Waals surface area contributed by atoms with E-state index in [1.807, 2.05) is 0 Å². The van der Waals surface area contributed by atoms with Crippen LogP contribution in [0.3, 0.4) is 0 Å². The van der Waals surface area contributed by atoms with Crippen LogP contribution in [-0.4, -0.2) is 32.2 Å². The van der Waals surface area contributed by atoms with E-state index in [1.54, 1.807) is 20.8 Å². The van der Waals surface area contributed by atoms with Crippen molar-refractivity contribution in [2.24, 2.45) is 0 Å². The highest BCUT2D eigenvalue weighted by molar-refractivity contribution is 7.87. The van der Waals surface area contributed by atoms with Gasteiger partial charge in [0, 0.05) is 18.7 Å². The molecule has 0 aliphatic rings. The maximum atomic E-state index is 11.5. The molecule has 0 bridgehead atoms. The molecule has 0 fully saturated rings. The van der Waals surface area contributed by atoms with Crippen molar-refractivity contribution in [2.45, 2.75) is 52.0 Å². The summed E-state index contributed by atoms with van der Waals surface area (Å²) in [4.78, 5) is 0. The molecule has 0 saturated carbocycles. The van der Waals surface area contributed by atoms with Gasteiger partial charge in [0.1, 0.15) is 0 Å². The fourth-order valence-corrected chi connectivity index (χ4v) is 2.53. The molecule has 0 unspecified atom stereocenters. The van der Waals surface area contributed by atoms with E-state index in [9.17, 15) is 8.42 Å². The van der Waals surface area contributed by atoms with Gasteiger partial charge in [0.05, 0.1) is 0 Å². The molecule has 0 aromatic heterocycles. The van der Waals surface area contributed by atoms with E-state index in [0.717, 1.165) is 25.7 Å². The fraction of sp³-hybridized carbons (Fsp3) is 1.00. The third-order valence-electron chi connectivity index (χ3n) is 1.82. The molecule has 5 nitrogen and oxygen atoms in total. The molecule has 0 aliphatic heterocycles. The highest BCUT2D eigenvalue weighted by atomic mass is 32.2. The SMILES string of the molecule is CC(C)(C)NS(=O)(=O)NCCCCCCO. The van der Waals surface area contributed by atoms with Crippen molar-refractivity contribution in [3.63, 3.8) is 0 Å². The molecule has 0 aliphatic carbocycles. The molecule has 0 radical (unpaired) electrons. The van der Waals surface area contributed by atoms with Crippen molar-refractivity contribution < 1.29 is 13.5 Å². The lowest BCUT2D eigenvalue weighted by Gasteiger charge is -2.20. The largest absolute Gasteiger partial charge is 0.396 e. The second kappa shape index (κ2) is 7.21. The molecule has 0 spiro atoms. The minimum atomic E-state index is -3.38. The van der Waals surface area contributed by atoms with E-state index in [1.165, 1.54) is 0 Å². The van der Waals surface area contributed by atoms with E-state index in [-0.39, 0.29) is 6.61 Å². The van der Waals surface area contributed by atoms with Crippen molar-refractivity contribution in [1.82, 2.24) is 9.44 Å². The lowest BCUT2D eigenvalue weighted by atomic mass is 10.1. The molecule has 0 rings (SSSR count). The number of unbranched alkanes of at least 4 members (excludes halogenated alkanes) is 3. The highest BCUT2D eigenvalue weighted by Crippen LogP contribution is 2.01. The van der Waals surface area contributed by atoms with Crippen LogP contribution in [-0.2, 0) is 10.2 Å². The monoisotopic (exact) mass is 252 g/mol. The topological polar surface area (TPSA) is 78.4 Å². The van der Waals surface area contributed by atoms with Crippen LogP contribution >= 0.6 is 0 Å². The number of hydrogen-bond acceptors (Lipinski definition) is 3. The molecule has 0 atom stereocenters. The Balaban J connectivity index is 3.68. The molecule has 0 amide bonds. The summed E-state index contributed by atoms with van der Waals surface area (Å²) >= 11 is 0. The minimum absolute atomic E-state index is 0.206. The number of aliphatic hydroxyl groups excluding tert-OH is 1. The van der Waals surface area contributed by atoms with Gasteiger partial charge in [0.2, 0.25) is 0 Å². The van der Waals surface area contributed by atoms with Crippen LogP contribution in [0.4, 0.5) is 0 Å². The molecule has 0 aromatic carbocycles. The quantitative estimate of drug-likeness (QED) is 0.558. The normalized spacial score (nSPS) is 13.0. The van der Waals surface area contributed by atoms with Crippen molar-refractivity contribution in [1.29, 1.82) is 0 Å². The second-order valence-corrected chi connectivity index (χ2v) is 6.39. The summed E-state index contributed by atoms with van der Waals surface area (Å²) in [6.07, 6.45) is 3.45. The van der Waals surface area contributed by atoms with Gasteiger partial charge in [-0.25, -0.2) is 4.72 Å². The predicted octanol–water partition coefficient (Wildman–Crippen LogP) is 0.762. The Hall–Kier alpha value is -0.170. The zero-order chi connectivity index (χ0) is 12.7. The number of aliphatic hydroxyl groups is 1. The molecular weight excluding hydrogens is 228 g/mol. The van der Waals surface area contributed by atoms with Gasteiger partial charge >= 0.3 is 0 Å². The van der Waals surface area contributed by atoms with Gasteiger partial charge < -0.3 is 5.11 Å². The minimum Gasteiger partial charge on any atom is -0.396 e. The van der Waals surface area contributed by atoms with Gasteiger partial charge in [-0.2, -0.15) is 13.1 Å². The molecule has 0 saturated heterocycles. The summed E-state index contributed by atoms with van der Waals surface area (Å²) in [7, 11) is -3.38. The molecule has 0 aromatic rings. The van der Waals surface area contributed by atoms with Crippen LogP contribution in [0.2, 0.25) is 0 Å². The molecule has 98 valence electrons. The van der Waals surface area contributed by atoms with E-state index in [2.05, 4.69) is 9.44 Å².